The molecule has 0 saturated carbocycles. The molecular weight excluding hydrogens is 240 g/mol. The molecule has 1 saturated heterocycles. The number of carbonyl (C=O) groups excluding carboxylic acids is 1. The number of piperidine rings is 1. The standard InChI is InChI=1S/C15H22N2O2/c1-12-5-4-7-14(9-12)19-11-15(18)17-8-3-2-6-13(17)10-16/h4-5,7,9,13H,2-3,6,8,10-11,16H2,1H3. The van der Waals surface area contributed by atoms with Crippen LogP contribution in [0.25, 0.3) is 0 Å². The van der Waals surface area contributed by atoms with Crippen molar-refractivity contribution >= 4 is 5.91 Å². The van der Waals surface area contributed by atoms with Crippen LogP contribution in [0.4, 0.5) is 0 Å². The molecule has 1 unspecified atom stereocenters. The molecule has 1 aromatic rings. The van der Waals surface area contributed by atoms with Crippen molar-refractivity contribution in [3.8, 4) is 5.75 Å². The fraction of sp³-hybridized carbons (Fsp3) is 0.533. The molecule has 0 aromatic heterocycles. The van der Waals surface area contributed by atoms with Gasteiger partial charge in [0.25, 0.3) is 5.91 Å². The molecule has 4 heteroatoms. The van der Waals surface area contributed by atoms with Crippen LogP contribution in [0.1, 0.15) is 24.8 Å². The third kappa shape index (κ3) is 3.70. The van der Waals surface area contributed by atoms with Crippen LogP contribution in [-0.4, -0.2) is 36.5 Å². The summed E-state index contributed by atoms with van der Waals surface area (Å²) in [7, 11) is 0. The first-order chi connectivity index (χ1) is 9.20. The normalized spacial score (nSPS) is 19.3. The molecule has 1 amide bonds. The lowest BCUT2D eigenvalue weighted by Crippen LogP contribution is -2.49. The summed E-state index contributed by atoms with van der Waals surface area (Å²) >= 11 is 0. The Morgan fingerprint density at radius 3 is 3.05 bits per heavy atom. The maximum Gasteiger partial charge on any atom is 0.260 e. The van der Waals surface area contributed by atoms with Crippen LogP contribution < -0.4 is 10.5 Å². The lowest BCUT2D eigenvalue weighted by molar-refractivity contribution is -0.136. The van der Waals surface area contributed by atoms with Crippen LogP contribution in [-0.2, 0) is 4.79 Å². The topological polar surface area (TPSA) is 55.6 Å². The molecule has 1 atom stereocenters. The van der Waals surface area contributed by atoms with E-state index in [4.69, 9.17) is 10.5 Å². The Morgan fingerprint density at radius 2 is 2.32 bits per heavy atom. The van der Waals surface area contributed by atoms with E-state index in [1.165, 1.54) is 0 Å². The monoisotopic (exact) mass is 262 g/mol. The van der Waals surface area contributed by atoms with E-state index in [1.54, 1.807) is 0 Å². The van der Waals surface area contributed by atoms with Crippen LogP contribution in [0.2, 0.25) is 0 Å². The maximum atomic E-state index is 12.2. The number of carbonyl (C=O) groups is 1. The molecular formula is C15H22N2O2. The zero-order valence-electron chi connectivity index (χ0n) is 11.5. The number of hydrogen-bond donors (Lipinski definition) is 1. The molecule has 0 bridgehead atoms. The number of hydrogen-bond acceptors (Lipinski definition) is 3. The van der Waals surface area contributed by atoms with Gasteiger partial charge in [-0.15, -0.1) is 0 Å². The van der Waals surface area contributed by atoms with E-state index in [1.807, 2.05) is 36.1 Å². The summed E-state index contributed by atoms with van der Waals surface area (Å²) in [6, 6.07) is 7.92. The zero-order valence-corrected chi connectivity index (χ0v) is 11.5. The molecule has 104 valence electrons. The van der Waals surface area contributed by atoms with Gasteiger partial charge >= 0.3 is 0 Å². The van der Waals surface area contributed by atoms with Crippen LogP contribution in [0.5, 0.6) is 5.75 Å². The minimum atomic E-state index is 0.0386. The van der Waals surface area contributed by atoms with Gasteiger partial charge < -0.3 is 15.4 Å². The van der Waals surface area contributed by atoms with Crippen molar-refractivity contribution in [2.45, 2.75) is 32.2 Å². The van der Waals surface area contributed by atoms with E-state index < -0.39 is 0 Å². The van der Waals surface area contributed by atoms with Gasteiger partial charge in [-0.25, -0.2) is 0 Å². The van der Waals surface area contributed by atoms with Crippen LogP contribution in [0, 0.1) is 6.92 Å². The molecule has 0 radical (unpaired) electrons. The number of amides is 1. The maximum absolute atomic E-state index is 12.2. The van der Waals surface area contributed by atoms with Gasteiger partial charge in [0.1, 0.15) is 5.75 Å². The number of ether oxygens (including phenoxy) is 1. The Balaban J connectivity index is 1.89. The van der Waals surface area contributed by atoms with Gasteiger partial charge in [-0.1, -0.05) is 12.1 Å². The van der Waals surface area contributed by atoms with Crippen molar-refractivity contribution in [3.63, 3.8) is 0 Å². The molecule has 2 rings (SSSR count). The third-order valence-electron chi connectivity index (χ3n) is 3.57. The van der Waals surface area contributed by atoms with Crippen molar-refractivity contribution in [2.75, 3.05) is 19.7 Å². The molecule has 19 heavy (non-hydrogen) atoms. The van der Waals surface area contributed by atoms with E-state index in [0.717, 1.165) is 37.1 Å². The van der Waals surface area contributed by atoms with E-state index >= 15 is 0 Å². The van der Waals surface area contributed by atoms with Crippen molar-refractivity contribution in [2.24, 2.45) is 5.73 Å². The molecule has 1 aromatic carbocycles. The van der Waals surface area contributed by atoms with Gasteiger partial charge in [0.15, 0.2) is 6.61 Å². The van der Waals surface area contributed by atoms with Gasteiger partial charge in [0.05, 0.1) is 0 Å². The minimum Gasteiger partial charge on any atom is -0.484 e. The van der Waals surface area contributed by atoms with Crippen molar-refractivity contribution in [1.29, 1.82) is 0 Å². The lowest BCUT2D eigenvalue weighted by atomic mass is 10.0. The van der Waals surface area contributed by atoms with Crippen LogP contribution >= 0.6 is 0 Å². The molecule has 1 aliphatic heterocycles. The Bertz CT molecular complexity index is 434. The molecule has 1 heterocycles. The summed E-state index contributed by atoms with van der Waals surface area (Å²) in [5, 5.41) is 0. The number of nitrogens with zero attached hydrogens (tertiary/aromatic N) is 1. The van der Waals surface area contributed by atoms with E-state index in [9.17, 15) is 4.79 Å². The average Bonchev–Trinajstić information content (AvgIpc) is 2.45. The summed E-state index contributed by atoms with van der Waals surface area (Å²) in [6.07, 6.45) is 3.23. The Hall–Kier alpha value is -1.55. The summed E-state index contributed by atoms with van der Waals surface area (Å²) in [5.41, 5.74) is 6.85. The fourth-order valence-corrected chi connectivity index (χ4v) is 2.51. The first-order valence-electron chi connectivity index (χ1n) is 6.89. The molecule has 1 fully saturated rings. The average molecular weight is 262 g/mol. The number of nitrogens with two attached hydrogens (primary N) is 1. The second kappa shape index (κ2) is 6.57. The summed E-state index contributed by atoms with van der Waals surface area (Å²) in [5.74, 6) is 0.784. The number of aryl methyl sites for hydroxylation is 1. The first-order valence-corrected chi connectivity index (χ1v) is 6.89. The highest BCUT2D eigenvalue weighted by atomic mass is 16.5. The second-order valence-electron chi connectivity index (χ2n) is 5.08. The largest absolute Gasteiger partial charge is 0.484 e. The highest BCUT2D eigenvalue weighted by Crippen LogP contribution is 2.17. The van der Waals surface area contributed by atoms with Crippen LogP contribution in [0.15, 0.2) is 24.3 Å². The Labute approximate surface area is 114 Å². The van der Waals surface area contributed by atoms with Gasteiger partial charge in [-0.3, -0.25) is 4.79 Å². The second-order valence-corrected chi connectivity index (χ2v) is 5.08. The highest BCUT2D eigenvalue weighted by molar-refractivity contribution is 5.78. The number of benzene rings is 1. The Kier molecular flexibility index (Phi) is 4.80. The highest BCUT2D eigenvalue weighted by Gasteiger charge is 2.25. The lowest BCUT2D eigenvalue weighted by Gasteiger charge is -2.34. The summed E-state index contributed by atoms with van der Waals surface area (Å²) < 4.78 is 5.56. The fourth-order valence-electron chi connectivity index (χ4n) is 2.51. The minimum absolute atomic E-state index is 0.0386. The smallest absolute Gasteiger partial charge is 0.260 e. The van der Waals surface area contributed by atoms with Gasteiger partial charge in [0.2, 0.25) is 0 Å². The van der Waals surface area contributed by atoms with E-state index in [2.05, 4.69) is 0 Å². The third-order valence-corrected chi connectivity index (χ3v) is 3.57. The SMILES string of the molecule is Cc1cccc(OCC(=O)N2CCCCC2CN)c1. The number of rotatable bonds is 4. The molecule has 4 nitrogen and oxygen atoms in total. The van der Waals surface area contributed by atoms with E-state index in [0.29, 0.717) is 6.54 Å². The number of likely N-dealkylation sites (tertiary alicyclic amines) is 1. The van der Waals surface area contributed by atoms with Gasteiger partial charge in [0, 0.05) is 19.1 Å². The van der Waals surface area contributed by atoms with Crippen LogP contribution in [0.3, 0.4) is 0 Å². The Morgan fingerprint density at radius 1 is 1.47 bits per heavy atom. The van der Waals surface area contributed by atoms with Crippen molar-refractivity contribution in [3.05, 3.63) is 29.8 Å². The zero-order chi connectivity index (χ0) is 13.7. The quantitative estimate of drug-likeness (QED) is 0.898. The van der Waals surface area contributed by atoms with Gasteiger partial charge in [-0.05, 0) is 43.9 Å². The predicted molar refractivity (Wildman–Crippen MR) is 75.1 cm³/mol. The van der Waals surface area contributed by atoms with E-state index in [-0.39, 0.29) is 18.6 Å². The molecule has 2 N–H and O–H groups in total. The van der Waals surface area contributed by atoms with Gasteiger partial charge in [-0.2, -0.15) is 0 Å². The molecule has 1 aliphatic rings. The van der Waals surface area contributed by atoms with Crippen molar-refractivity contribution in [1.82, 2.24) is 4.90 Å². The summed E-state index contributed by atoms with van der Waals surface area (Å²) in [4.78, 5) is 14.0. The predicted octanol–water partition coefficient (Wildman–Crippen LogP) is 1.71. The molecule has 0 aliphatic carbocycles. The first kappa shape index (κ1) is 13.9. The van der Waals surface area contributed by atoms with Crippen molar-refractivity contribution < 1.29 is 9.53 Å². The summed E-state index contributed by atoms with van der Waals surface area (Å²) in [6.45, 7) is 3.44. The molecule has 0 spiro atoms.